The van der Waals surface area contributed by atoms with Crippen molar-refractivity contribution in [1.82, 2.24) is 9.97 Å². The number of hydrogen-bond donors (Lipinski definition) is 1. The van der Waals surface area contributed by atoms with Gasteiger partial charge in [-0.1, -0.05) is 42.5 Å². The van der Waals surface area contributed by atoms with Gasteiger partial charge in [-0.25, -0.2) is 4.98 Å². The van der Waals surface area contributed by atoms with Crippen LogP contribution < -0.4 is 0 Å². The maximum atomic E-state index is 6.05. The van der Waals surface area contributed by atoms with E-state index in [1.54, 1.807) is 0 Å². The van der Waals surface area contributed by atoms with Crippen LogP contribution in [-0.2, 0) is 0 Å². The van der Waals surface area contributed by atoms with Gasteiger partial charge in [-0.3, -0.25) is 0 Å². The number of halogens is 1. The number of rotatable bonds is 2. The minimum Gasteiger partial charge on any atom is -0.342 e. The van der Waals surface area contributed by atoms with E-state index in [0.717, 1.165) is 16.8 Å². The SMILES string of the molecule is Cc1c(-c2ccccc2)[nH]c(C(C)Cl)nc1=S. The van der Waals surface area contributed by atoms with E-state index in [1.807, 2.05) is 44.2 Å². The summed E-state index contributed by atoms with van der Waals surface area (Å²) in [6.07, 6.45) is 0. The highest BCUT2D eigenvalue weighted by atomic mass is 35.5. The fourth-order valence-corrected chi connectivity index (χ4v) is 1.94. The zero-order valence-corrected chi connectivity index (χ0v) is 11.3. The molecule has 0 spiro atoms. The summed E-state index contributed by atoms with van der Waals surface area (Å²) < 4.78 is 0.602. The summed E-state index contributed by atoms with van der Waals surface area (Å²) in [7, 11) is 0. The molecule has 2 nitrogen and oxygen atoms in total. The molecule has 1 heterocycles. The average Bonchev–Trinajstić information content (AvgIpc) is 2.33. The molecule has 0 aliphatic carbocycles. The molecule has 1 unspecified atom stereocenters. The Morgan fingerprint density at radius 2 is 1.94 bits per heavy atom. The van der Waals surface area contributed by atoms with Crippen molar-refractivity contribution in [1.29, 1.82) is 0 Å². The van der Waals surface area contributed by atoms with Crippen LogP contribution in [0.2, 0.25) is 0 Å². The first kappa shape index (κ1) is 12.3. The van der Waals surface area contributed by atoms with Crippen LogP contribution in [0.4, 0.5) is 0 Å². The first-order valence-corrected chi connectivity index (χ1v) is 6.24. The van der Waals surface area contributed by atoms with Gasteiger partial charge in [0.15, 0.2) is 0 Å². The van der Waals surface area contributed by atoms with Gasteiger partial charge in [0.25, 0.3) is 0 Å². The second kappa shape index (κ2) is 4.98. The highest BCUT2D eigenvalue weighted by Gasteiger charge is 2.10. The third-order valence-electron chi connectivity index (χ3n) is 2.61. The normalized spacial score (nSPS) is 12.4. The summed E-state index contributed by atoms with van der Waals surface area (Å²) in [6, 6.07) is 10.1. The average molecular weight is 265 g/mol. The second-order valence-electron chi connectivity index (χ2n) is 3.91. The van der Waals surface area contributed by atoms with Gasteiger partial charge in [0.1, 0.15) is 10.5 Å². The summed E-state index contributed by atoms with van der Waals surface area (Å²) in [5.41, 5.74) is 3.07. The molecule has 0 radical (unpaired) electrons. The molecule has 1 aromatic heterocycles. The van der Waals surface area contributed by atoms with E-state index < -0.39 is 0 Å². The highest BCUT2D eigenvalue weighted by Crippen LogP contribution is 2.24. The molecule has 0 fully saturated rings. The molecule has 1 aromatic carbocycles. The van der Waals surface area contributed by atoms with Gasteiger partial charge in [-0.2, -0.15) is 0 Å². The van der Waals surface area contributed by atoms with Crippen molar-refractivity contribution in [2.75, 3.05) is 0 Å². The Bertz CT molecular complexity index is 576. The second-order valence-corrected chi connectivity index (χ2v) is 4.95. The van der Waals surface area contributed by atoms with Crippen LogP contribution in [0, 0.1) is 11.6 Å². The van der Waals surface area contributed by atoms with E-state index in [-0.39, 0.29) is 5.38 Å². The molecule has 17 heavy (non-hydrogen) atoms. The summed E-state index contributed by atoms with van der Waals surface area (Å²) in [5.74, 6) is 0.709. The lowest BCUT2D eigenvalue weighted by atomic mass is 10.1. The zero-order chi connectivity index (χ0) is 12.4. The van der Waals surface area contributed by atoms with Crippen molar-refractivity contribution in [3.63, 3.8) is 0 Å². The van der Waals surface area contributed by atoms with Crippen LogP contribution in [0.5, 0.6) is 0 Å². The maximum absolute atomic E-state index is 6.05. The van der Waals surface area contributed by atoms with E-state index in [9.17, 15) is 0 Å². The summed E-state index contributed by atoms with van der Waals surface area (Å²) >= 11 is 11.3. The van der Waals surface area contributed by atoms with Crippen molar-refractivity contribution < 1.29 is 0 Å². The molecule has 2 aromatic rings. The van der Waals surface area contributed by atoms with E-state index in [0.29, 0.717) is 10.5 Å². The molecular formula is C13H13ClN2S. The quantitative estimate of drug-likeness (QED) is 0.643. The molecule has 1 atom stereocenters. The maximum Gasteiger partial charge on any atom is 0.133 e. The van der Waals surface area contributed by atoms with Crippen LogP contribution in [0.15, 0.2) is 30.3 Å². The third-order valence-corrected chi connectivity index (χ3v) is 3.21. The van der Waals surface area contributed by atoms with Gasteiger partial charge in [0.2, 0.25) is 0 Å². The summed E-state index contributed by atoms with van der Waals surface area (Å²) in [6.45, 7) is 3.84. The lowest BCUT2D eigenvalue weighted by Crippen LogP contribution is -2.01. The topological polar surface area (TPSA) is 28.7 Å². The van der Waals surface area contributed by atoms with E-state index in [2.05, 4.69) is 9.97 Å². The summed E-state index contributed by atoms with van der Waals surface area (Å²) in [5, 5.41) is -0.181. The molecule has 4 heteroatoms. The Balaban J connectivity index is 2.65. The number of nitrogens with zero attached hydrogens (tertiary/aromatic N) is 1. The van der Waals surface area contributed by atoms with Crippen molar-refractivity contribution in [3.05, 3.63) is 46.4 Å². The smallest absolute Gasteiger partial charge is 0.133 e. The van der Waals surface area contributed by atoms with Crippen molar-refractivity contribution in [2.45, 2.75) is 19.2 Å². The Kier molecular flexibility index (Phi) is 3.60. The van der Waals surface area contributed by atoms with E-state index in [1.165, 1.54) is 0 Å². The van der Waals surface area contributed by atoms with Crippen molar-refractivity contribution in [3.8, 4) is 11.3 Å². The Hall–Kier alpha value is -1.19. The van der Waals surface area contributed by atoms with E-state index >= 15 is 0 Å². The van der Waals surface area contributed by atoms with Gasteiger partial charge in [-0.05, 0) is 19.4 Å². The Labute approximate surface area is 111 Å². The number of alkyl halides is 1. The van der Waals surface area contributed by atoms with E-state index in [4.69, 9.17) is 23.8 Å². The van der Waals surface area contributed by atoms with Gasteiger partial charge in [-0.15, -0.1) is 11.6 Å². The van der Waals surface area contributed by atoms with Gasteiger partial charge in [0.05, 0.1) is 11.1 Å². The summed E-state index contributed by atoms with van der Waals surface area (Å²) in [4.78, 5) is 7.55. The zero-order valence-electron chi connectivity index (χ0n) is 9.70. The predicted molar refractivity (Wildman–Crippen MR) is 73.9 cm³/mol. The van der Waals surface area contributed by atoms with Crippen LogP contribution in [0.1, 0.15) is 23.7 Å². The van der Waals surface area contributed by atoms with Crippen molar-refractivity contribution in [2.24, 2.45) is 0 Å². The molecule has 1 N–H and O–H groups in total. The first-order chi connectivity index (χ1) is 8.09. The van der Waals surface area contributed by atoms with Crippen LogP contribution in [-0.4, -0.2) is 9.97 Å². The molecule has 0 saturated carbocycles. The minimum absolute atomic E-state index is 0.181. The monoisotopic (exact) mass is 264 g/mol. The molecule has 0 bridgehead atoms. The largest absolute Gasteiger partial charge is 0.342 e. The molecule has 0 amide bonds. The Morgan fingerprint density at radius 3 is 2.53 bits per heavy atom. The van der Waals surface area contributed by atoms with Gasteiger partial charge in [0, 0.05) is 5.56 Å². The highest BCUT2D eigenvalue weighted by molar-refractivity contribution is 7.71. The predicted octanol–water partition coefficient (Wildman–Crippen LogP) is 4.41. The van der Waals surface area contributed by atoms with Crippen LogP contribution in [0.25, 0.3) is 11.3 Å². The van der Waals surface area contributed by atoms with Crippen LogP contribution in [0.3, 0.4) is 0 Å². The standard InChI is InChI=1S/C13H13ClN2S/c1-8-11(10-6-4-3-5-7-10)15-12(9(2)14)16-13(8)17/h3-7,9H,1-2H3,(H,15,16,17). The number of H-pyrrole nitrogens is 1. The molecular weight excluding hydrogens is 252 g/mol. The Morgan fingerprint density at radius 1 is 1.29 bits per heavy atom. The number of benzene rings is 1. The molecule has 0 aliphatic heterocycles. The third kappa shape index (κ3) is 2.56. The first-order valence-electron chi connectivity index (χ1n) is 5.40. The molecule has 0 saturated heterocycles. The number of aromatic amines is 1. The lowest BCUT2D eigenvalue weighted by Gasteiger charge is -2.10. The fraction of sp³-hybridized carbons (Fsp3) is 0.231. The molecule has 88 valence electrons. The number of nitrogens with one attached hydrogen (secondary N) is 1. The van der Waals surface area contributed by atoms with Gasteiger partial charge >= 0.3 is 0 Å². The number of hydrogen-bond acceptors (Lipinski definition) is 2. The van der Waals surface area contributed by atoms with Crippen LogP contribution >= 0.6 is 23.8 Å². The lowest BCUT2D eigenvalue weighted by molar-refractivity contribution is 0.899. The molecule has 0 aliphatic rings. The van der Waals surface area contributed by atoms with Crippen molar-refractivity contribution >= 4 is 23.8 Å². The number of aromatic nitrogens is 2. The molecule has 2 rings (SSSR count). The fourth-order valence-electron chi connectivity index (χ4n) is 1.63. The van der Waals surface area contributed by atoms with Gasteiger partial charge < -0.3 is 4.98 Å². The minimum atomic E-state index is -0.181.